The number of para-hydroxylation sites is 1. The fraction of sp³-hybridized carbons (Fsp3) is 0.588. The fourth-order valence-corrected chi connectivity index (χ4v) is 2.61. The SMILES string of the molecule is COc1ccccc1CCNC(=O)CN(C)C(C)C1CC1. The number of amides is 1. The Kier molecular flexibility index (Phi) is 5.62. The molecule has 1 saturated carbocycles. The summed E-state index contributed by atoms with van der Waals surface area (Å²) in [5, 5.41) is 2.99. The van der Waals surface area contributed by atoms with Gasteiger partial charge in [0.2, 0.25) is 5.91 Å². The highest BCUT2D eigenvalue weighted by molar-refractivity contribution is 5.78. The molecule has 1 fully saturated rings. The summed E-state index contributed by atoms with van der Waals surface area (Å²) in [4.78, 5) is 14.1. The van der Waals surface area contributed by atoms with Crippen molar-refractivity contribution in [1.82, 2.24) is 10.2 Å². The molecule has 1 N–H and O–H groups in total. The van der Waals surface area contributed by atoms with Crippen LogP contribution in [0.1, 0.15) is 25.3 Å². The summed E-state index contributed by atoms with van der Waals surface area (Å²) in [5.41, 5.74) is 1.13. The van der Waals surface area contributed by atoms with Crippen molar-refractivity contribution in [2.45, 2.75) is 32.2 Å². The minimum Gasteiger partial charge on any atom is -0.496 e. The van der Waals surface area contributed by atoms with E-state index in [1.807, 2.05) is 31.3 Å². The molecule has 1 aromatic rings. The highest BCUT2D eigenvalue weighted by atomic mass is 16.5. The Morgan fingerprint density at radius 1 is 1.43 bits per heavy atom. The molecule has 0 spiro atoms. The fourth-order valence-electron chi connectivity index (χ4n) is 2.61. The van der Waals surface area contributed by atoms with Crippen molar-refractivity contribution in [3.63, 3.8) is 0 Å². The predicted octanol–water partition coefficient (Wildman–Crippen LogP) is 2.08. The molecule has 0 aromatic heterocycles. The van der Waals surface area contributed by atoms with E-state index in [2.05, 4.69) is 17.1 Å². The number of carbonyl (C=O) groups excluding carboxylic acids is 1. The van der Waals surface area contributed by atoms with Crippen LogP contribution in [-0.4, -0.2) is 44.1 Å². The quantitative estimate of drug-likeness (QED) is 0.797. The monoisotopic (exact) mass is 290 g/mol. The van der Waals surface area contributed by atoms with Crippen LogP contribution in [0.25, 0.3) is 0 Å². The van der Waals surface area contributed by atoms with E-state index in [1.165, 1.54) is 12.8 Å². The first-order valence-corrected chi connectivity index (χ1v) is 7.70. The minimum absolute atomic E-state index is 0.0971. The Bertz CT molecular complexity index is 472. The molecule has 1 atom stereocenters. The van der Waals surface area contributed by atoms with E-state index in [1.54, 1.807) is 7.11 Å². The second-order valence-corrected chi connectivity index (χ2v) is 5.90. The molecule has 0 radical (unpaired) electrons. The number of hydrogen-bond acceptors (Lipinski definition) is 3. The minimum atomic E-state index is 0.0971. The number of nitrogens with one attached hydrogen (secondary N) is 1. The maximum atomic E-state index is 12.0. The summed E-state index contributed by atoms with van der Waals surface area (Å²) >= 11 is 0. The van der Waals surface area contributed by atoms with E-state index in [4.69, 9.17) is 4.74 Å². The Balaban J connectivity index is 1.71. The van der Waals surface area contributed by atoms with Crippen LogP contribution in [0.4, 0.5) is 0 Å². The average Bonchev–Trinajstić information content (AvgIpc) is 3.31. The number of methoxy groups -OCH3 is 1. The van der Waals surface area contributed by atoms with Crippen molar-refractivity contribution in [3.8, 4) is 5.75 Å². The summed E-state index contributed by atoms with van der Waals surface area (Å²) in [7, 11) is 3.70. The highest BCUT2D eigenvalue weighted by Crippen LogP contribution is 2.34. The molecule has 1 unspecified atom stereocenters. The van der Waals surface area contributed by atoms with E-state index in [0.717, 1.165) is 23.7 Å². The maximum Gasteiger partial charge on any atom is 0.234 e. The van der Waals surface area contributed by atoms with Gasteiger partial charge in [-0.15, -0.1) is 0 Å². The van der Waals surface area contributed by atoms with Crippen LogP contribution >= 0.6 is 0 Å². The lowest BCUT2D eigenvalue weighted by molar-refractivity contribution is -0.122. The van der Waals surface area contributed by atoms with Gasteiger partial charge in [-0.2, -0.15) is 0 Å². The van der Waals surface area contributed by atoms with Gasteiger partial charge in [0.05, 0.1) is 13.7 Å². The van der Waals surface area contributed by atoms with Crippen LogP contribution in [0, 0.1) is 5.92 Å². The summed E-state index contributed by atoms with van der Waals surface area (Å²) in [6.07, 6.45) is 3.40. The number of ether oxygens (including phenoxy) is 1. The number of rotatable bonds is 8. The molecule has 1 aliphatic carbocycles. The third kappa shape index (κ3) is 4.74. The second-order valence-electron chi connectivity index (χ2n) is 5.90. The standard InChI is InChI=1S/C17H26N2O2/c1-13(14-8-9-14)19(2)12-17(20)18-11-10-15-6-4-5-7-16(15)21-3/h4-7,13-14H,8-12H2,1-3H3,(H,18,20). The molecule has 1 aliphatic rings. The van der Waals surface area contributed by atoms with Crippen molar-refractivity contribution in [2.75, 3.05) is 27.2 Å². The lowest BCUT2D eigenvalue weighted by Crippen LogP contribution is -2.40. The topological polar surface area (TPSA) is 41.6 Å². The van der Waals surface area contributed by atoms with Gasteiger partial charge in [-0.25, -0.2) is 0 Å². The average molecular weight is 290 g/mol. The first-order valence-electron chi connectivity index (χ1n) is 7.70. The Hall–Kier alpha value is -1.55. The Morgan fingerprint density at radius 3 is 2.81 bits per heavy atom. The van der Waals surface area contributed by atoms with Crippen LogP contribution in [0.5, 0.6) is 5.75 Å². The molecule has 0 aliphatic heterocycles. The number of hydrogen-bond donors (Lipinski definition) is 1. The lowest BCUT2D eigenvalue weighted by atomic mass is 10.1. The molecule has 21 heavy (non-hydrogen) atoms. The summed E-state index contributed by atoms with van der Waals surface area (Å²) in [6, 6.07) is 8.43. The number of likely N-dealkylation sites (N-methyl/N-ethyl adjacent to an activating group) is 1. The van der Waals surface area contributed by atoms with E-state index < -0.39 is 0 Å². The van der Waals surface area contributed by atoms with E-state index in [0.29, 0.717) is 19.1 Å². The summed E-state index contributed by atoms with van der Waals surface area (Å²) in [5.74, 6) is 1.77. The first-order chi connectivity index (χ1) is 10.1. The molecular formula is C17H26N2O2. The van der Waals surface area contributed by atoms with Crippen molar-refractivity contribution in [2.24, 2.45) is 5.92 Å². The van der Waals surface area contributed by atoms with Gasteiger partial charge in [-0.05, 0) is 50.8 Å². The van der Waals surface area contributed by atoms with Gasteiger partial charge in [0.1, 0.15) is 5.75 Å². The van der Waals surface area contributed by atoms with E-state index in [9.17, 15) is 4.79 Å². The normalized spacial score (nSPS) is 15.8. The summed E-state index contributed by atoms with van der Waals surface area (Å²) in [6.45, 7) is 3.33. The van der Waals surface area contributed by atoms with Crippen LogP contribution in [0.2, 0.25) is 0 Å². The Labute approximate surface area is 127 Å². The summed E-state index contributed by atoms with van der Waals surface area (Å²) < 4.78 is 5.31. The number of carbonyl (C=O) groups is 1. The predicted molar refractivity (Wildman–Crippen MR) is 84.5 cm³/mol. The van der Waals surface area contributed by atoms with Crippen molar-refractivity contribution in [1.29, 1.82) is 0 Å². The van der Waals surface area contributed by atoms with Crippen LogP contribution in [0.15, 0.2) is 24.3 Å². The zero-order valence-corrected chi connectivity index (χ0v) is 13.3. The third-order valence-corrected chi connectivity index (χ3v) is 4.30. The largest absolute Gasteiger partial charge is 0.496 e. The molecule has 0 heterocycles. The van der Waals surface area contributed by atoms with Gasteiger partial charge in [0.15, 0.2) is 0 Å². The number of nitrogens with zero attached hydrogens (tertiary/aromatic N) is 1. The molecule has 0 saturated heterocycles. The van der Waals surface area contributed by atoms with Crippen molar-refractivity contribution >= 4 is 5.91 Å². The van der Waals surface area contributed by atoms with Gasteiger partial charge < -0.3 is 10.1 Å². The zero-order chi connectivity index (χ0) is 15.2. The van der Waals surface area contributed by atoms with E-state index >= 15 is 0 Å². The third-order valence-electron chi connectivity index (χ3n) is 4.30. The van der Waals surface area contributed by atoms with Gasteiger partial charge in [-0.3, -0.25) is 9.69 Å². The smallest absolute Gasteiger partial charge is 0.234 e. The van der Waals surface area contributed by atoms with Gasteiger partial charge in [0.25, 0.3) is 0 Å². The van der Waals surface area contributed by atoms with Crippen LogP contribution in [0.3, 0.4) is 0 Å². The first kappa shape index (κ1) is 15.8. The molecule has 2 rings (SSSR count). The second kappa shape index (κ2) is 7.46. The maximum absolute atomic E-state index is 12.0. The molecule has 1 amide bonds. The molecule has 116 valence electrons. The molecular weight excluding hydrogens is 264 g/mol. The van der Waals surface area contributed by atoms with Crippen molar-refractivity contribution < 1.29 is 9.53 Å². The van der Waals surface area contributed by atoms with E-state index in [-0.39, 0.29) is 5.91 Å². The Morgan fingerprint density at radius 2 is 2.14 bits per heavy atom. The number of benzene rings is 1. The lowest BCUT2D eigenvalue weighted by Gasteiger charge is -2.23. The molecule has 1 aromatic carbocycles. The molecule has 4 nitrogen and oxygen atoms in total. The molecule has 0 bridgehead atoms. The van der Waals surface area contributed by atoms with Crippen molar-refractivity contribution in [3.05, 3.63) is 29.8 Å². The van der Waals surface area contributed by atoms with Gasteiger partial charge in [-0.1, -0.05) is 18.2 Å². The zero-order valence-electron chi connectivity index (χ0n) is 13.3. The highest BCUT2D eigenvalue weighted by Gasteiger charge is 2.30. The molecule has 4 heteroatoms. The van der Waals surface area contributed by atoms with Gasteiger partial charge in [0, 0.05) is 12.6 Å². The van der Waals surface area contributed by atoms with Crippen LogP contribution in [-0.2, 0) is 11.2 Å². The van der Waals surface area contributed by atoms with Crippen LogP contribution < -0.4 is 10.1 Å². The van der Waals surface area contributed by atoms with Gasteiger partial charge >= 0.3 is 0 Å².